The predicted molar refractivity (Wildman–Crippen MR) is 111 cm³/mol. The van der Waals surface area contributed by atoms with Crippen LogP contribution in [0.3, 0.4) is 0 Å². The Morgan fingerprint density at radius 2 is 1.00 bits per heavy atom. The fraction of sp³-hybridized carbons (Fsp3) is 1.00. The Morgan fingerprint density at radius 1 is 0.600 bits per heavy atom. The largest absolute Gasteiger partial charge is 0.396 e. The molecular formula is C23H48O2. The van der Waals surface area contributed by atoms with E-state index >= 15 is 0 Å². The molecule has 0 rings (SSSR count). The predicted octanol–water partition coefficient (Wildman–Crippen LogP) is 7.28. The minimum absolute atomic E-state index is 0.259. The maximum absolute atomic E-state index is 9.09. The highest BCUT2D eigenvalue weighted by Crippen LogP contribution is 2.13. The molecule has 0 saturated heterocycles. The van der Waals surface area contributed by atoms with Crippen LogP contribution in [0.2, 0.25) is 0 Å². The summed E-state index contributed by atoms with van der Waals surface area (Å²) in [6.07, 6.45) is 23.5. The Morgan fingerprint density at radius 3 is 1.36 bits per heavy atom. The van der Waals surface area contributed by atoms with Crippen molar-refractivity contribution < 1.29 is 9.84 Å². The lowest BCUT2D eigenvalue weighted by Gasteiger charge is -2.11. The van der Waals surface area contributed by atoms with E-state index in [2.05, 4.69) is 13.8 Å². The van der Waals surface area contributed by atoms with Gasteiger partial charge in [0.2, 0.25) is 0 Å². The number of ether oxygens (including phenoxy) is 1. The molecule has 0 aromatic rings. The molecule has 0 aliphatic heterocycles. The van der Waals surface area contributed by atoms with Crippen LogP contribution in [0.25, 0.3) is 0 Å². The molecule has 0 aliphatic rings. The van der Waals surface area contributed by atoms with Crippen molar-refractivity contribution in [2.75, 3.05) is 19.8 Å². The van der Waals surface area contributed by atoms with Crippen molar-refractivity contribution in [3.8, 4) is 0 Å². The van der Waals surface area contributed by atoms with Gasteiger partial charge in [-0.2, -0.15) is 0 Å². The van der Waals surface area contributed by atoms with Crippen LogP contribution in [0.5, 0.6) is 0 Å². The topological polar surface area (TPSA) is 29.5 Å². The first-order valence-electron chi connectivity index (χ1n) is 11.5. The summed E-state index contributed by atoms with van der Waals surface area (Å²) < 4.78 is 5.64. The molecular weight excluding hydrogens is 308 g/mol. The van der Waals surface area contributed by atoms with E-state index in [0.29, 0.717) is 5.92 Å². The van der Waals surface area contributed by atoms with Crippen LogP contribution in [0.15, 0.2) is 0 Å². The third kappa shape index (κ3) is 20.1. The van der Waals surface area contributed by atoms with Crippen LogP contribution >= 0.6 is 0 Å². The number of rotatable bonds is 21. The molecule has 1 unspecified atom stereocenters. The first kappa shape index (κ1) is 24.9. The second-order valence-corrected chi connectivity index (χ2v) is 7.84. The van der Waals surface area contributed by atoms with E-state index in [0.717, 1.165) is 19.6 Å². The van der Waals surface area contributed by atoms with Gasteiger partial charge in [-0.3, -0.25) is 0 Å². The first-order chi connectivity index (χ1) is 12.3. The number of aliphatic hydroxyl groups excluding tert-OH is 1. The van der Waals surface area contributed by atoms with E-state index in [4.69, 9.17) is 9.84 Å². The molecule has 0 aromatic carbocycles. The maximum atomic E-state index is 9.09. The summed E-state index contributed by atoms with van der Waals surface area (Å²) in [7, 11) is 0. The second kappa shape index (κ2) is 22.0. The fourth-order valence-electron chi connectivity index (χ4n) is 3.30. The summed E-state index contributed by atoms with van der Waals surface area (Å²) in [5.74, 6) is 0.334. The van der Waals surface area contributed by atoms with Crippen LogP contribution in [0, 0.1) is 5.92 Å². The zero-order chi connectivity index (χ0) is 18.4. The summed E-state index contributed by atoms with van der Waals surface area (Å²) in [5.41, 5.74) is 0. The van der Waals surface area contributed by atoms with E-state index < -0.39 is 0 Å². The second-order valence-electron chi connectivity index (χ2n) is 7.84. The molecule has 2 heteroatoms. The van der Waals surface area contributed by atoms with Crippen molar-refractivity contribution in [1.29, 1.82) is 0 Å². The molecule has 0 fully saturated rings. The normalized spacial score (nSPS) is 12.6. The third-order valence-corrected chi connectivity index (χ3v) is 5.33. The number of aliphatic hydroxyl groups is 1. The average molecular weight is 357 g/mol. The summed E-state index contributed by atoms with van der Waals surface area (Å²) >= 11 is 0. The smallest absolute Gasteiger partial charge is 0.0516 e. The number of hydrogen-bond acceptors (Lipinski definition) is 2. The molecule has 0 saturated carbocycles. The van der Waals surface area contributed by atoms with Gasteiger partial charge in [-0.05, 0) is 12.8 Å². The van der Waals surface area contributed by atoms with Crippen LogP contribution in [-0.2, 0) is 4.74 Å². The number of unbranched alkanes of at least 4 members (excludes halogenated alkanes) is 15. The minimum atomic E-state index is 0.259. The van der Waals surface area contributed by atoms with Gasteiger partial charge in [0, 0.05) is 19.1 Å². The average Bonchev–Trinajstić information content (AvgIpc) is 2.64. The molecule has 0 heterocycles. The van der Waals surface area contributed by atoms with Crippen molar-refractivity contribution in [2.45, 2.75) is 123 Å². The van der Waals surface area contributed by atoms with Crippen LogP contribution < -0.4 is 0 Å². The number of hydrogen-bond donors (Lipinski definition) is 1. The van der Waals surface area contributed by atoms with E-state index in [-0.39, 0.29) is 6.61 Å². The van der Waals surface area contributed by atoms with Crippen LogP contribution in [0.4, 0.5) is 0 Å². The molecule has 152 valence electrons. The fourth-order valence-corrected chi connectivity index (χ4v) is 3.30. The zero-order valence-electron chi connectivity index (χ0n) is 17.6. The molecule has 0 aromatic heterocycles. The van der Waals surface area contributed by atoms with Crippen molar-refractivity contribution >= 4 is 0 Å². The van der Waals surface area contributed by atoms with Gasteiger partial charge in [-0.25, -0.2) is 0 Å². The third-order valence-electron chi connectivity index (χ3n) is 5.33. The van der Waals surface area contributed by atoms with Crippen molar-refractivity contribution in [2.24, 2.45) is 5.92 Å². The van der Waals surface area contributed by atoms with E-state index in [1.165, 1.54) is 103 Å². The van der Waals surface area contributed by atoms with Gasteiger partial charge in [-0.1, -0.05) is 110 Å². The molecule has 0 radical (unpaired) electrons. The summed E-state index contributed by atoms with van der Waals surface area (Å²) in [5, 5.41) is 9.09. The molecule has 1 N–H and O–H groups in total. The molecule has 2 nitrogen and oxygen atoms in total. The van der Waals surface area contributed by atoms with Gasteiger partial charge >= 0.3 is 0 Å². The van der Waals surface area contributed by atoms with Crippen LogP contribution in [-0.4, -0.2) is 24.9 Å². The molecule has 0 aliphatic carbocycles. The Kier molecular flexibility index (Phi) is 21.9. The standard InChI is InChI=1S/C23H48O2/c1-3-5-6-7-8-9-10-11-12-13-14-15-16-17-18-19-20-25-22-23(4-2)21-24/h23-24H,3-22H2,1-2H3. The highest BCUT2D eigenvalue weighted by molar-refractivity contribution is 4.53. The summed E-state index contributed by atoms with van der Waals surface area (Å²) in [4.78, 5) is 0. The van der Waals surface area contributed by atoms with Gasteiger partial charge in [0.05, 0.1) is 6.61 Å². The zero-order valence-corrected chi connectivity index (χ0v) is 17.6. The Labute approximate surface area is 159 Å². The summed E-state index contributed by atoms with van der Waals surface area (Å²) in [6.45, 7) is 6.26. The molecule has 0 amide bonds. The Hall–Kier alpha value is -0.0800. The van der Waals surface area contributed by atoms with Crippen molar-refractivity contribution in [3.63, 3.8) is 0 Å². The van der Waals surface area contributed by atoms with E-state index in [9.17, 15) is 0 Å². The lowest BCUT2D eigenvalue weighted by atomic mass is 10.0. The van der Waals surface area contributed by atoms with Gasteiger partial charge in [0.15, 0.2) is 0 Å². The van der Waals surface area contributed by atoms with Gasteiger partial charge < -0.3 is 9.84 Å². The minimum Gasteiger partial charge on any atom is -0.396 e. The molecule has 25 heavy (non-hydrogen) atoms. The van der Waals surface area contributed by atoms with Gasteiger partial charge in [-0.15, -0.1) is 0 Å². The molecule has 0 spiro atoms. The lowest BCUT2D eigenvalue weighted by molar-refractivity contribution is 0.0691. The van der Waals surface area contributed by atoms with Gasteiger partial charge in [0.1, 0.15) is 0 Å². The monoisotopic (exact) mass is 356 g/mol. The lowest BCUT2D eigenvalue weighted by Crippen LogP contribution is -2.13. The molecule has 1 atom stereocenters. The highest BCUT2D eigenvalue weighted by atomic mass is 16.5. The first-order valence-corrected chi connectivity index (χ1v) is 11.5. The summed E-state index contributed by atoms with van der Waals surface area (Å²) in [6, 6.07) is 0. The van der Waals surface area contributed by atoms with E-state index in [1.807, 2.05) is 0 Å². The SMILES string of the molecule is CCCCCCCCCCCCCCCCCCOCC(CC)CO. The van der Waals surface area contributed by atoms with E-state index in [1.54, 1.807) is 0 Å². The van der Waals surface area contributed by atoms with Crippen molar-refractivity contribution in [3.05, 3.63) is 0 Å². The Bertz CT molecular complexity index is 226. The van der Waals surface area contributed by atoms with Gasteiger partial charge in [0.25, 0.3) is 0 Å². The quantitative estimate of drug-likeness (QED) is 0.219. The molecule has 0 bridgehead atoms. The maximum Gasteiger partial charge on any atom is 0.0516 e. The Balaban J connectivity index is 3.03. The van der Waals surface area contributed by atoms with Crippen LogP contribution in [0.1, 0.15) is 123 Å². The highest BCUT2D eigenvalue weighted by Gasteiger charge is 2.03. The van der Waals surface area contributed by atoms with Crippen molar-refractivity contribution in [1.82, 2.24) is 0 Å².